The Hall–Kier alpha value is -0.120. The second kappa shape index (κ2) is 9.86. The first kappa shape index (κ1) is 14.9. The van der Waals surface area contributed by atoms with Crippen molar-refractivity contribution in [1.29, 1.82) is 0 Å². The van der Waals surface area contributed by atoms with Crippen LogP contribution in [-0.4, -0.2) is 39.0 Å². The van der Waals surface area contributed by atoms with E-state index in [0.29, 0.717) is 12.1 Å². The van der Waals surface area contributed by atoms with E-state index in [4.69, 9.17) is 9.47 Å². The van der Waals surface area contributed by atoms with Crippen molar-refractivity contribution in [3.05, 3.63) is 0 Å². The lowest BCUT2D eigenvalue weighted by atomic mass is 9.93. The Kier molecular flexibility index (Phi) is 8.67. The molecule has 3 heteroatoms. The van der Waals surface area contributed by atoms with Crippen LogP contribution in [0.4, 0.5) is 0 Å². The predicted octanol–water partition coefficient (Wildman–Crippen LogP) is 2.74. The average molecular weight is 243 g/mol. The van der Waals surface area contributed by atoms with E-state index in [9.17, 15) is 0 Å². The fourth-order valence-corrected chi connectivity index (χ4v) is 2.33. The minimum absolute atomic E-state index is 0.505. The summed E-state index contributed by atoms with van der Waals surface area (Å²) in [5.74, 6) is 0. The third kappa shape index (κ3) is 7.02. The molecule has 0 heterocycles. The van der Waals surface area contributed by atoms with E-state index in [1.165, 1.54) is 38.5 Å². The number of rotatable bonds is 9. The number of unbranched alkanes of at least 4 members (excludes halogenated alkanes) is 1. The van der Waals surface area contributed by atoms with Gasteiger partial charge in [0.25, 0.3) is 0 Å². The molecule has 1 aliphatic rings. The monoisotopic (exact) mass is 243 g/mol. The number of hydrogen-bond acceptors (Lipinski definition) is 3. The highest BCUT2D eigenvalue weighted by atomic mass is 16.5. The van der Waals surface area contributed by atoms with Crippen LogP contribution in [0, 0.1) is 0 Å². The van der Waals surface area contributed by atoms with Crippen LogP contribution in [0.1, 0.15) is 51.9 Å². The molecular formula is C14H29NO2. The van der Waals surface area contributed by atoms with Crippen molar-refractivity contribution in [1.82, 2.24) is 5.32 Å². The van der Waals surface area contributed by atoms with Crippen molar-refractivity contribution >= 4 is 0 Å². The summed E-state index contributed by atoms with van der Waals surface area (Å²) in [5.41, 5.74) is 0. The highest BCUT2D eigenvalue weighted by molar-refractivity contribution is 4.77. The summed E-state index contributed by atoms with van der Waals surface area (Å²) >= 11 is 0. The summed E-state index contributed by atoms with van der Waals surface area (Å²) in [6.45, 7) is 5.12. The molecule has 1 fully saturated rings. The largest absolute Gasteiger partial charge is 0.381 e. The molecule has 0 aromatic carbocycles. The van der Waals surface area contributed by atoms with E-state index in [2.05, 4.69) is 12.2 Å². The summed E-state index contributed by atoms with van der Waals surface area (Å²) in [7, 11) is 1.83. The Morgan fingerprint density at radius 1 is 1.06 bits per heavy atom. The maximum absolute atomic E-state index is 5.54. The normalized spacial score (nSPS) is 25.1. The Bertz CT molecular complexity index is 168. The molecule has 17 heavy (non-hydrogen) atoms. The first-order valence-corrected chi connectivity index (χ1v) is 7.20. The number of ether oxygens (including phenoxy) is 2. The fraction of sp³-hybridized carbons (Fsp3) is 1.00. The highest BCUT2D eigenvalue weighted by Gasteiger charge is 2.19. The van der Waals surface area contributed by atoms with Crippen molar-refractivity contribution in [2.75, 3.05) is 26.9 Å². The lowest BCUT2D eigenvalue weighted by Crippen LogP contribution is -2.35. The van der Waals surface area contributed by atoms with Gasteiger partial charge in [0.1, 0.15) is 0 Å². The minimum Gasteiger partial charge on any atom is -0.381 e. The molecule has 1 saturated carbocycles. The third-order valence-electron chi connectivity index (χ3n) is 3.55. The van der Waals surface area contributed by atoms with Crippen LogP contribution in [-0.2, 0) is 9.47 Å². The van der Waals surface area contributed by atoms with Gasteiger partial charge in [0.2, 0.25) is 0 Å². The van der Waals surface area contributed by atoms with Gasteiger partial charge >= 0.3 is 0 Å². The third-order valence-corrected chi connectivity index (χ3v) is 3.55. The van der Waals surface area contributed by atoms with Crippen LogP contribution in [0.15, 0.2) is 0 Å². The van der Waals surface area contributed by atoms with E-state index in [-0.39, 0.29) is 0 Å². The zero-order chi connectivity index (χ0) is 12.3. The van der Waals surface area contributed by atoms with Crippen molar-refractivity contribution in [2.45, 2.75) is 64.0 Å². The molecule has 0 radical (unpaired) electrons. The summed E-state index contributed by atoms with van der Waals surface area (Å²) in [4.78, 5) is 0. The molecule has 1 rings (SSSR count). The smallest absolute Gasteiger partial charge is 0.0572 e. The Morgan fingerprint density at radius 3 is 2.41 bits per heavy atom. The first-order valence-electron chi connectivity index (χ1n) is 7.20. The SMILES string of the molecule is CCCCOCCCNC1CCC(OC)CC1. The molecule has 0 aliphatic heterocycles. The number of methoxy groups -OCH3 is 1. The van der Waals surface area contributed by atoms with Crippen LogP contribution in [0.5, 0.6) is 0 Å². The molecule has 0 aromatic heterocycles. The summed E-state index contributed by atoms with van der Waals surface area (Å²) in [6, 6.07) is 0.706. The van der Waals surface area contributed by atoms with Gasteiger partial charge in [0, 0.05) is 26.4 Å². The molecular weight excluding hydrogens is 214 g/mol. The molecule has 1 aliphatic carbocycles. The van der Waals surface area contributed by atoms with Gasteiger partial charge in [0.05, 0.1) is 6.10 Å². The molecule has 102 valence electrons. The van der Waals surface area contributed by atoms with Gasteiger partial charge in [0.15, 0.2) is 0 Å². The maximum atomic E-state index is 5.54. The summed E-state index contributed by atoms with van der Waals surface area (Å²) < 4.78 is 10.9. The molecule has 0 bridgehead atoms. The quantitative estimate of drug-likeness (QED) is 0.632. The fourth-order valence-electron chi connectivity index (χ4n) is 2.33. The molecule has 0 spiro atoms. The lowest BCUT2D eigenvalue weighted by molar-refractivity contribution is 0.0620. The van der Waals surface area contributed by atoms with Crippen LogP contribution in [0.2, 0.25) is 0 Å². The van der Waals surface area contributed by atoms with Gasteiger partial charge in [-0.1, -0.05) is 13.3 Å². The van der Waals surface area contributed by atoms with Crippen molar-refractivity contribution in [3.63, 3.8) is 0 Å². The van der Waals surface area contributed by atoms with Crippen LogP contribution in [0.25, 0.3) is 0 Å². The highest BCUT2D eigenvalue weighted by Crippen LogP contribution is 2.20. The molecule has 0 aromatic rings. The Labute approximate surface area is 106 Å². The second-order valence-corrected chi connectivity index (χ2v) is 4.98. The van der Waals surface area contributed by atoms with Crippen molar-refractivity contribution in [3.8, 4) is 0 Å². The number of hydrogen-bond donors (Lipinski definition) is 1. The topological polar surface area (TPSA) is 30.5 Å². The predicted molar refractivity (Wildman–Crippen MR) is 71.4 cm³/mol. The van der Waals surface area contributed by atoms with Crippen LogP contribution < -0.4 is 5.32 Å². The average Bonchev–Trinajstić information content (AvgIpc) is 2.38. The van der Waals surface area contributed by atoms with E-state index in [0.717, 1.165) is 26.2 Å². The van der Waals surface area contributed by atoms with E-state index < -0.39 is 0 Å². The van der Waals surface area contributed by atoms with Gasteiger partial charge in [-0.15, -0.1) is 0 Å². The van der Waals surface area contributed by atoms with Crippen molar-refractivity contribution in [2.24, 2.45) is 0 Å². The van der Waals surface area contributed by atoms with Gasteiger partial charge < -0.3 is 14.8 Å². The molecule has 0 saturated heterocycles. The molecule has 0 amide bonds. The molecule has 0 atom stereocenters. The maximum Gasteiger partial charge on any atom is 0.0572 e. The second-order valence-electron chi connectivity index (χ2n) is 4.98. The minimum atomic E-state index is 0.505. The van der Waals surface area contributed by atoms with E-state index in [1.54, 1.807) is 0 Å². The molecule has 1 N–H and O–H groups in total. The number of nitrogens with one attached hydrogen (secondary N) is 1. The standard InChI is InChI=1S/C14H29NO2/c1-3-4-11-17-12-5-10-15-13-6-8-14(16-2)9-7-13/h13-15H,3-12H2,1-2H3. The Balaban J connectivity index is 1.87. The molecule has 0 unspecified atom stereocenters. The van der Waals surface area contributed by atoms with Crippen LogP contribution in [0.3, 0.4) is 0 Å². The van der Waals surface area contributed by atoms with Gasteiger partial charge in [-0.05, 0) is 45.1 Å². The van der Waals surface area contributed by atoms with Gasteiger partial charge in [-0.25, -0.2) is 0 Å². The van der Waals surface area contributed by atoms with E-state index >= 15 is 0 Å². The Morgan fingerprint density at radius 2 is 1.76 bits per heavy atom. The molecule has 3 nitrogen and oxygen atoms in total. The summed E-state index contributed by atoms with van der Waals surface area (Å²) in [6.07, 6.45) is 8.99. The zero-order valence-electron chi connectivity index (χ0n) is 11.5. The summed E-state index contributed by atoms with van der Waals surface area (Å²) in [5, 5.41) is 3.62. The zero-order valence-corrected chi connectivity index (χ0v) is 11.5. The van der Waals surface area contributed by atoms with Crippen molar-refractivity contribution < 1.29 is 9.47 Å². The lowest BCUT2D eigenvalue weighted by Gasteiger charge is -2.28. The van der Waals surface area contributed by atoms with E-state index in [1.807, 2.05) is 7.11 Å². The van der Waals surface area contributed by atoms with Gasteiger partial charge in [-0.3, -0.25) is 0 Å². The van der Waals surface area contributed by atoms with Crippen LogP contribution >= 0.6 is 0 Å². The van der Waals surface area contributed by atoms with Gasteiger partial charge in [-0.2, -0.15) is 0 Å². The first-order chi connectivity index (χ1) is 8.36.